The fourth-order valence-corrected chi connectivity index (χ4v) is 5.40. The number of β-lactam (4-membered cyclic amide) rings is 1. The molecule has 1 N–H and O–H groups in total. The molecule has 1 amide bonds. The Kier molecular flexibility index (Phi) is 10.3. The number of aliphatic hydroxyl groups excluding tert-OH is 1. The quantitative estimate of drug-likeness (QED) is 0.0638. The van der Waals surface area contributed by atoms with Crippen LogP contribution < -0.4 is 4.74 Å². The van der Waals surface area contributed by atoms with E-state index < -0.39 is 29.8 Å². The Hall–Kier alpha value is -2.70. The van der Waals surface area contributed by atoms with Crippen LogP contribution in [0.2, 0.25) is 0 Å². The van der Waals surface area contributed by atoms with Gasteiger partial charge in [0.05, 0.1) is 21.4 Å². The summed E-state index contributed by atoms with van der Waals surface area (Å²) in [7, 11) is 0. The largest absolute Gasteiger partial charge is 0.488 e. The lowest BCUT2D eigenvalue weighted by molar-refractivity contribution is -0.271. The molecule has 200 valence electrons. The predicted octanol–water partition coefficient (Wildman–Crippen LogP) is 3.35. The molecule has 0 radical (unpaired) electrons. The zero-order chi connectivity index (χ0) is 27.1. The highest BCUT2D eigenvalue weighted by atomic mass is 127. The van der Waals surface area contributed by atoms with Gasteiger partial charge in [0.1, 0.15) is 31.3 Å². The van der Waals surface area contributed by atoms with Crippen molar-refractivity contribution in [3.05, 3.63) is 63.9 Å². The van der Waals surface area contributed by atoms with Crippen LogP contribution in [-0.2, 0) is 35.3 Å². The first kappa shape index (κ1) is 28.9. The molecular formula is C27H32INO8. The number of ether oxygens (including phenoxy) is 2. The molecule has 2 heterocycles. The fraction of sp³-hybridized carbons (Fsp3) is 0.444. The van der Waals surface area contributed by atoms with Crippen LogP contribution in [0.1, 0.15) is 25.8 Å². The minimum absolute atomic E-state index is 0.00243. The Morgan fingerprint density at radius 2 is 1.97 bits per heavy atom. The van der Waals surface area contributed by atoms with E-state index in [1.165, 1.54) is 17.1 Å². The number of aliphatic hydroxyl groups is 1. The molecule has 10 heteroatoms. The monoisotopic (exact) mass is 625 g/mol. The number of esters is 1. The standard InChI is InChI=1S/C27H32INO8/c1-5-12-34-27(33)24-19(15-35-21-10-9-18(8-7-11-30)14-20(21)28)16(3)23-22(25(31)29(23)24)17(4)26(32)37-36-13-6-2/h5-6,9-10,14,16-17,22-23,30H,1-2,7-8,11-13,15H2,3-4H3/t16-,17?,22?,23?/m0/s1. The number of rotatable bonds is 14. The lowest BCUT2D eigenvalue weighted by Gasteiger charge is -2.47. The topological polar surface area (TPSA) is 112 Å². The minimum atomic E-state index is -0.779. The Bertz CT molecular complexity index is 1080. The molecule has 4 atom stereocenters. The third kappa shape index (κ3) is 6.24. The van der Waals surface area contributed by atoms with Crippen molar-refractivity contribution < 1.29 is 38.7 Å². The van der Waals surface area contributed by atoms with Crippen molar-refractivity contribution in [1.29, 1.82) is 0 Å². The third-order valence-electron chi connectivity index (χ3n) is 6.56. The maximum absolute atomic E-state index is 13.2. The summed E-state index contributed by atoms with van der Waals surface area (Å²) in [6, 6.07) is 5.37. The summed E-state index contributed by atoms with van der Waals surface area (Å²) in [5.41, 5.74) is 1.86. The Morgan fingerprint density at radius 1 is 1.24 bits per heavy atom. The highest BCUT2D eigenvalue weighted by Gasteiger charge is 2.61. The molecule has 3 unspecified atom stereocenters. The van der Waals surface area contributed by atoms with Crippen molar-refractivity contribution >= 4 is 40.4 Å². The van der Waals surface area contributed by atoms with Crippen molar-refractivity contribution in [3.8, 4) is 5.75 Å². The second kappa shape index (κ2) is 13.2. The lowest BCUT2D eigenvalue weighted by atomic mass is 9.74. The molecule has 0 aromatic heterocycles. The van der Waals surface area contributed by atoms with Crippen LogP contribution in [-0.4, -0.2) is 60.3 Å². The Balaban J connectivity index is 1.81. The van der Waals surface area contributed by atoms with Gasteiger partial charge in [0, 0.05) is 18.1 Å². The van der Waals surface area contributed by atoms with Crippen molar-refractivity contribution in [1.82, 2.24) is 4.90 Å². The number of halogens is 1. The summed E-state index contributed by atoms with van der Waals surface area (Å²) in [4.78, 5) is 49.6. The second-order valence-corrected chi connectivity index (χ2v) is 10.1. The maximum Gasteiger partial charge on any atom is 0.355 e. The maximum atomic E-state index is 13.2. The van der Waals surface area contributed by atoms with Crippen LogP contribution in [0.5, 0.6) is 5.75 Å². The van der Waals surface area contributed by atoms with Gasteiger partial charge in [0.15, 0.2) is 0 Å². The van der Waals surface area contributed by atoms with Crippen LogP contribution in [0, 0.1) is 21.3 Å². The van der Waals surface area contributed by atoms with Crippen molar-refractivity contribution in [2.45, 2.75) is 32.7 Å². The van der Waals surface area contributed by atoms with Gasteiger partial charge in [-0.05, 0) is 53.1 Å². The van der Waals surface area contributed by atoms with Crippen LogP contribution >= 0.6 is 22.6 Å². The molecule has 2 aliphatic heterocycles. The summed E-state index contributed by atoms with van der Waals surface area (Å²) in [6.45, 7) is 10.8. The predicted molar refractivity (Wildman–Crippen MR) is 143 cm³/mol. The normalized spacial score (nSPS) is 21.1. The highest BCUT2D eigenvalue weighted by Crippen LogP contribution is 2.49. The van der Waals surface area contributed by atoms with Gasteiger partial charge < -0.3 is 19.5 Å². The average molecular weight is 625 g/mol. The lowest BCUT2D eigenvalue weighted by Crippen LogP contribution is -2.63. The van der Waals surface area contributed by atoms with Crippen molar-refractivity contribution in [2.75, 3.05) is 26.4 Å². The molecule has 3 rings (SSSR count). The summed E-state index contributed by atoms with van der Waals surface area (Å²) >= 11 is 2.18. The number of hydrogen-bond donors (Lipinski definition) is 1. The van der Waals surface area contributed by atoms with Gasteiger partial charge in [0.2, 0.25) is 5.91 Å². The van der Waals surface area contributed by atoms with E-state index in [9.17, 15) is 14.4 Å². The molecule has 1 aromatic carbocycles. The van der Waals surface area contributed by atoms with Gasteiger partial charge in [0.25, 0.3) is 0 Å². The van der Waals surface area contributed by atoms with Gasteiger partial charge in [-0.1, -0.05) is 38.6 Å². The first-order valence-corrected chi connectivity index (χ1v) is 13.1. The average Bonchev–Trinajstić information content (AvgIpc) is 3.13. The molecule has 0 spiro atoms. The SMILES string of the molecule is C=CCOOC(=O)C(C)C1C(=O)N2C(C(=O)OCC=C)=C(COc3ccc(CCCO)cc3I)[C@H](C)C12. The minimum Gasteiger partial charge on any atom is -0.488 e. The van der Waals surface area contributed by atoms with Crippen molar-refractivity contribution in [3.63, 3.8) is 0 Å². The molecule has 1 aromatic rings. The first-order valence-electron chi connectivity index (χ1n) is 12.1. The number of carbonyl (C=O) groups is 3. The second-order valence-electron chi connectivity index (χ2n) is 8.92. The van der Waals surface area contributed by atoms with Gasteiger partial charge in [-0.2, -0.15) is 4.89 Å². The zero-order valence-corrected chi connectivity index (χ0v) is 23.1. The van der Waals surface area contributed by atoms with Crippen LogP contribution in [0.15, 0.2) is 54.8 Å². The van der Waals surface area contributed by atoms with E-state index in [4.69, 9.17) is 24.4 Å². The van der Waals surface area contributed by atoms with E-state index in [-0.39, 0.29) is 43.9 Å². The van der Waals surface area contributed by atoms with Crippen molar-refractivity contribution in [2.24, 2.45) is 17.8 Å². The number of hydrogen-bond acceptors (Lipinski definition) is 8. The molecule has 0 bridgehead atoms. The molecular weight excluding hydrogens is 593 g/mol. The van der Waals surface area contributed by atoms with E-state index >= 15 is 0 Å². The molecule has 2 aliphatic rings. The van der Waals surface area contributed by atoms with Crippen LogP contribution in [0.25, 0.3) is 0 Å². The molecule has 0 saturated carbocycles. The van der Waals surface area contributed by atoms with Crippen LogP contribution in [0.4, 0.5) is 0 Å². The summed E-state index contributed by atoms with van der Waals surface area (Å²) in [5, 5.41) is 9.07. The van der Waals surface area contributed by atoms with Gasteiger partial charge in [-0.25, -0.2) is 9.59 Å². The fourth-order valence-electron chi connectivity index (χ4n) is 4.66. The van der Waals surface area contributed by atoms with E-state index in [0.717, 1.165) is 15.6 Å². The number of amides is 1. The Labute approximate surface area is 230 Å². The summed E-state index contributed by atoms with van der Waals surface area (Å²) in [5.74, 6) is -2.74. The number of carbonyl (C=O) groups excluding carboxylic acids is 3. The van der Waals surface area contributed by atoms with Crippen LogP contribution in [0.3, 0.4) is 0 Å². The summed E-state index contributed by atoms with van der Waals surface area (Å²) < 4.78 is 12.3. The highest BCUT2D eigenvalue weighted by molar-refractivity contribution is 14.1. The molecule has 0 aliphatic carbocycles. The number of fused-ring (bicyclic) bond motifs is 1. The molecule has 37 heavy (non-hydrogen) atoms. The van der Waals surface area contributed by atoms with E-state index in [0.29, 0.717) is 17.7 Å². The zero-order valence-electron chi connectivity index (χ0n) is 21.0. The molecule has 9 nitrogen and oxygen atoms in total. The number of nitrogens with zero attached hydrogens (tertiary/aromatic N) is 1. The molecule has 1 saturated heterocycles. The van der Waals surface area contributed by atoms with E-state index in [1.807, 2.05) is 25.1 Å². The number of aryl methyl sites for hydroxylation is 1. The van der Waals surface area contributed by atoms with Gasteiger partial charge in [-0.3, -0.25) is 9.68 Å². The number of benzene rings is 1. The smallest absolute Gasteiger partial charge is 0.355 e. The van der Waals surface area contributed by atoms with E-state index in [1.54, 1.807) is 6.92 Å². The van der Waals surface area contributed by atoms with E-state index in [2.05, 4.69) is 35.7 Å². The first-order chi connectivity index (χ1) is 17.8. The Morgan fingerprint density at radius 3 is 2.62 bits per heavy atom. The summed E-state index contributed by atoms with van der Waals surface area (Å²) in [6.07, 6.45) is 4.32. The third-order valence-corrected chi connectivity index (χ3v) is 7.40. The molecule has 1 fully saturated rings. The van der Waals surface area contributed by atoms with Gasteiger partial charge >= 0.3 is 11.9 Å². The van der Waals surface area contributed by atoms with Gasteiger partial charge in [-0.15, -0.1) is 6.58 Å².